The highest BCUT2D eigenvalue weighted by Crippen LogP contribution is 2.17. The van der Waals surface area contributed by atoms with Crippen LogP contribution < -0.4 is 0 Å². The zero-order chi connectivity index (χ0) is 15.4. The minimum atomic E-state index is 0.603. The van der Waals surface area contributed by atoms with E-state index in [2.05, 4.69) is 87.4 Å². The highest BCUT2D eigenvalue weighted by molar-refractivity contribution is 9.10. The van der Waals surface area contributed by atoms with Crippen molar-refractivity contribution in [3.05, 3.63) is 70.2 Å². The molecule has 0 radical (unpaired) electrons. The molecule has 0 aromatic heterocycles. The Balaban J connectivity index is 1.61. The van der Waals surface area contributed by atoms with Gasteiger partial charge in [-0.15, -0.1) is 0 Å². The fraction of sp³-hybridized carbons (Fsp3) is 0.368. The topological polar surface area (TPSA) is 6.48 Å². The van der Waals surface area contributed by atoms with Gasteiger partial charge in [0.1, 0.15) is 0 Å². The van der Waals surface area contributed by atoms with Crippen LogP contribution in [0.1, 0.15) is 11.1 Å². The summed E-state index contributed by atoms with van der Waals surface area (Å²) in [4.78, 5) is 5.09. The molecule has 1 aliphatic heterocycles. The molecular weight excluding hydrogens is 336 g/mol. The first-order chi connectivity index (χ1) is 10.7. The molecule has 1 fully saturated rings. The van der Waals surface area contributed by atoms with Crippen molar-refractivity contribution in [2.45, 2.75) is 19.0 Å². The minimum absolute atomic E-state index is 0.603. The fourth-order valence-electron chi connectivity index (χ4n) is 3.11. The Labute approximate surface area is 141 Å². The summed E-state index contributed by atoms with van der Waals surface area (Å²) < 4.78 is 1.15. The summed E-state index contributed by atoms with van der Waals surface area (Å²) in [6, 6.07) is 20.1. The number of hydrogen-bond acceptors (Lipinski definition) is 2. The molecule has 0 N–H and O–H groups in total. The smallest absolute Gasteiger partial charge is 0.0261 e. The quantitative estimate of drug-likeness (QED) is 0.819. The Hall–Kier alpha value is -1.16. The zero-order valence-electron chi connectivity index (χ0n) is 13.1. The van der Waals surface area contributed by atoms with E-state index in [1.54, 1.807) is 0 Å². The third-order valence-corrected chi connectivity index (χ3v) is 5.02. The first kappa shape index (κ1) is 15.7. The van der Waals surface area contributed by atoms with Gasteiger partial charge >= 0.3 is 0 Å². The van der Waals surface area contributed by atoms with Gasteiger partial charge in [-0.25, -0.2) is 0 Å². The van der Waals surface area contributed by atoms with Crippen LogP contribution in [-0.2, 0) is 13.0 Å². The van der Waals surface area contributed by atoms with E-state index >= 15 is 0 Å². The molecule has 0 saturated carbocycles. The van der Waals surface area contributed by atoms with Crippen LogP contribution in [0, 0.1) is 0 Å². The molecule has 22 heavy (non-hydrogen) atoms. The van der Waals surface area contributed by atoms with Crippen LogP contribution in [0.5, 0.6) is 0 Å². The Morgan fingerprint density at radius 1 is 0.955 bits per heavy atom. The second-order valence-corrected chi connectivity index (χ2v) is 7.10. The third kappa shape index (κ3) is 4.19. The summed E-state index contributed by atoms with van der Waals surface area (Å²) in [6.07, 6.45) is 1.13. The molecule has 0 bridgehead atoms. The van der Waals surface area contributed by atoms with Crippen molar-refractivity contribution in [2.24, 2.45) is 0 Å². The van der Waals surface area contributed by atoms with Gasteiger partial charge < -0.3 is 4.90 Å². The van der Waals surface area contributed by atoms with Crippen LogP contribution in [0.3, 0.4) is 0 Å². The van der Waals surface area contributed by atoms with E-state index < -0.39 is 0 Å². The van der Waals surface area contributed by atoms with Crippen LogP contribution in [0.4, 0.5) is 0 Å². The molecule has 2 nitrogen and oxygen atoms in total. The summed E-state index contributed by atoms with van der Waals surface area (Å²) in [5.41, 5.74) is 2.83. The minimum Gasteiger partial charge on any atom is -0.301 e. The number of benzene rings is 2. The van der Waals surface area contributed by atoms with Gasteiger partial charge in [0.2, 0.25) is 0 Å². The molecule has 1 heterocycles. The van der Waals surface area contributed by atoms with Crippen LogP contribution in [0.25, 0.3) is 0 Å². The first-order valence-corrected chi connectivity index (χ1v) is 8.71. The molecular formula is C19H23BrN2. The third-order valence-electron chi connectivity index (χ3n) is 4.49. The number of halogens is 1. The first-order valence-electron chi connectivity index (χ1n) is 7.91. The maximum absolute atomic E-state index is 3.50. The Bertz CT molecular complexity index is 582. The van der Waals surface area contributed by atoms with E-state index in [4.69, 9.17) is 0 Å². The molecule has 0 spiro atoms. The van der Waals surface area contributed by atoms with Crippen molar-refractivity contribution in [2.75, 3.05) is 26.7 Å². The molecule has 1 saturated heterocycles. The molecule has 0 amide bonds. The molecule has 0 aliphatic carbocycles. The van der Waals surface area contributed by atoms with E-state index in [-0.39, 0.29) is 0 Å². The lowest BCUT2D eigenvalue weighted by Crippen LogP contribution is -2.51. The second kappa shape index (κ2) is 7.40. The monoisotopic (exact) mass is 358 g/mol. The molecule has 2 aromatic rings. The highest BCUT2D eigenvalue weighted by atomic mass is 79.9. The molecule has 1 unspecified atom stereocenters. The van der Waals surface area contributed by atoms with Crippen molar-refractivity contribution >= 4 is 15.9 Å². The van der Waals surface area contributed by atoms with Crippen LogP contribution in [-0.4, -0.2) is 42.5 Å². The number of hydrogen-bond donors (Lipinski definition) is 0. The average Bonchev–Trinajstić information content (AvgIpc) is 2.54. The number of nitrogens with zero attached hydrogens (tertiary/aromatic N) is 2. The van der Waals surface area contributed by atoms with Gasteiger partial charge in [0.05, 0.1) is 0 Å². The van der Waals surface area contributed by atoms with E-state index in [1.165, 1.54) is 11.1 Å². The Morgan fingerprint density at radius 3 is 2.41 bits per heavy atom. The van der Waals surface area contributed by atoms with Gasteiger partial charge in [0, 0.05) is 36.7 Å². The Morgan fingerprint density at radius 2 is 1.68 bits per heavy atom. The molecule has 3 rings (SSSR count). The number of rotatable bonds is 4. The molecule has 1 aliphatic rings. The predicted molar refractivity (Wildman–Crippen MR) is 96.0 cm³/mol. The van der Waals surface area contributed by atoms with E-state index in [0.717, 1.165) is 37.1 Å². The normalized spacial score (nSPS) is 20.2. The lowest BCUT2D eigenvalue weighted by molar-refractivity contribution is 0.0905. The molecule has 1 atom stereocenters. The van der Waals surface area contributed by atoms with Gasteiger partial charge in [0.15, 0.2) is 0 Å². The van der Waals surface area contributed by atoms with Crippen LogP contribution in [0.2, 0.25) is 0 Å². The van der Waals surface area contributed by atoms with Crippen molar-refractivity contribution in [3.63, 3.8) is 0 Å². The lowest BCUT2D eigenvalue weighted by atomic mass is 10.0. The van der Waals surface area contributed by atoms with Crippen LogP contribution in [0.15, 0.2) is 59.1 Å². The van der Waals surface area contributed by atoms with Gasteiger partial charge in [-0.2, -0.15) is 0 Å². The molecule has 3 heteroatoms. The summed E-state index contributed by atoms with van der Waals surface area (Å²) in [5.74, 6) is 0. The summed E-state index contributed by atoms with van der Waals surface area (Å²) >= 11 is 3.50. The maximum Gasteiger partial charge on any atom is 0.0261 e. The van der Waals surface area contributed by atoms with Crippen molar-refractivity contribution in [3.8, 4) is 0 Å². The summed E-state index contributed by atoms with van der Waals surface area (Å²) in [5, 5.41) is 0. The van der Waals surface area contributed by atoms with Gasteiger partial charge in [-0.05, 0) is 36.7 Å². The van der Waals surface area contributed by atoms with Crippen LogP contribution >= 0.6 is 15.9 Å². The number of piperazine rings is 1. The average molecular weight is 359 g/mol. The molecule has 116 valence electrons. The fourth-order valence-corrected chi connectivity index (χ4v) is 3.37. The largest absolute Gasteiger partial charge is 0.301 e. The number of likely N-dealkylation sites (N-methyl/N-ethyl adjacent to an activating group) is 1. The summed E-state index contributed by atoms with van der Waals surface area (Å²) in [7, 11) is 2.25. The van der Waals surface area contributed by atoms with Gasteiger partial charge in [-0.3, -0.25) is 4.90 Å². The van der Waals surface area contributed by atoms with Gasteiger partial charge in [0.25, 0.3) is 0 Å². The summed E-state index contributed by atoms with van der Waals surface area (Å²) in [6.45, 7) is 4.49. The standard InChI is InChI=1S/C19H23BrN2/c1-21-11-12-22(14-17-7-9-18(20)10-8-17)15-19(21)13-16-5-3-2-4-6-16/h2-10,19H,11-15H2,1H3. The zero-order valence-corrected chi connectivity index (χ0v) is 14.7. The second-order valence-electron chi connectivity index (χ2n) is 6.19. The van der Waals surface area contributed by atoms with E-state index in [0.29, 0.717) is 6.04 Å². The highest BCUT2D eigenvalue weighted by Gasteiger charge is 2.24. The van der Waals surface area contributed by atoms with E-state index in [9.17, 15) is 0 Å². The SMILES string of the molecule is CN1CCN(Cc2ccc(Br)cc2)CC1Cc1ccccc1. The van der Waals surface area contributed by atoms with Gasteiger partial charge in [-0.1, -0.05) is 58.4 Å². The lowest BCUT2D eigenvalue weighted by Gasteiger charge is -2.39. The van der Waals surface area contributed by atoms with Crippen molar-refractivity contribution in [1.82, 2.24) is 9.80 Å². The maximum atomic E-state index is 3.50. The Kier molecular flexibility index (Phi) is 5.29. The van der Waals surface area contributed by atoms with Crippen molar-refractivity contribution in [1.29, 1.82) is 0 Å². The predicted octanol–water partition coefficient (Wildman–Crippen LogP) is 3.81. The van der Waals surface area contributed by atoms with E-state index in [1.807, 2.05) is 0 Å². The molecule has 2 aromatic carbocycles. The van der Waals surface area contributed by atoms with Crippen molar-refractivity contribution < 1.29 is 0 Å².